The molecule has 126 valence electrons. The van der Waals surface area contributed by atoms with Crippen LogP contribution in [0.25, 0.3) is 0 Å². The third kappa shape index (κ3) is 3.07. The summed E-state index contributed by atoms with van der Waals surface area (Å²) in [6.45, 7) is 0. The summed E-state index contributed by atoms with van der Waals surface area (Å²) in [4.78, 5) is 8.81. The molecule has 0 radical (unpaired) electrons. The molecule has 3 rings (SSSR count). The van der Waals surface area contributed by atoms with Gasteiger partial charge in [-0.2, -0.15) is 0 Å². The first-order chi connectivity index (χ1) is 11.3. The van der Waals surface area contributed by atoms with E-state index in [2.05, 4.69) is 4.52 Å². The highest BCUT2D eigenvalue weighted by molar-refractivity contribution is 7.32. The van der Waals surface area contributed by atoms with Gasteiger partial charge in [0.25, 0.3) is 0 Å². The minimum atomic E-state index is -2.96. The Hall–Kier alpha value is -2.54. The lowest BCUT2D eigenvalue weighted by Crippen LogP contribution is -2.30. The highest BCUT2D eigenvalue weighted by Gasteiger charge is 2.33. The molecular formula is C15H14O8P+. The number of aliphatic hydroxyl groups excluding tert-OH is 1. The molecule has 1 aliphatic rings. The van der Waals surface area contributed by atoms with Gasteiger partial charge in [-0.25, -0.2) is 4.52 Å². The molecule has 0 saturated heterocycles. The van der Waals surface area contributed by atoms with Crippen LogP contribution in [0.1, 0.15) is 17.2 Å². The van der Waals surface area contributed by atoms with E-state index in [-0.39, 0.29) is 35.2 Å². The Morgan fingerprint density at radius 3 is 2.58 bits per heavy atom. The molecule has 5 N–H and O–H groups in total. The first kappa shape index (κ1) is 16.3. The van der Waals surface area contributed by atoms with Crippen molar-refractivity contribution >= 4 is 8.25 Å². The monoisotopic (exact) mass is 353 g/mol. The molecule has 0 spiro atoms. The lowest BCUT2D eigenvalue weighted by atomic mass is 9.94. The highest BCUT2D eigenvalue weighted by Crippen LogP contribution is 2.43. The number of benzene rings is 2. The zero-order chi connectivity index (χ0) is 17.4. The number of hydrogen-bond acceptors (Lipinski definition) is 7. The van der Waals surface area contributed by atoms with E-state index in [9.17, 15) is 25.0 Å². The summed E-state index contributed by atoms with van der Waals surface area (Å²) in [6.07, 6.45) is -1.82. The number of hydrogen-bond donors (Lipinski definition) is 5. The van der Waals surface area contributed by atoms with Crippen LogP contribution in [0, 0.1) is 0 Å². The predicted octanol–water partition coefficient (Wildman–Crippen LogP) is 1.87. The van der Waals surface area contributed by atoms with Crippen LogP contribution >= 0.6 is 8.25 Å². The second-order valence-electron chi connectivity index (χ2n) is 5.31. The Bertz CT molecular complexity index is 806. The van der Waals surface area contributed by atoms with Crippen molar-refractivity contribution in [2.75, 3.05) is 0 Å². The summed E-state index contributed by atoms with van der Waals surface area (Å²) in [5, 5.41) is 39.3. The maximum absolute atomic E-state index is 10.8. The van der Waals surface area contributed by atoms with Crippen LogP contribution in [0.15, 0.2) is 30.3 Å². The van der Waals surface area contributed by atoms with Crippen LogP contribution in [-0.4, -0.2) is 31.4 Å². The second-order valence-corrected chi connectivity index (χ2v) is 5.97. The molecule has 9 heteroatoms. The van der Waals surface area contributed by atoms with E-state index in [1.165, 1.54) is 24.3 Å². The Balaban J connectivity index is 1.96. The minimum Gasteiger partial charge on any atom is -0.508 e. The van der Waals surface area contributed by atoms with Gasteiger partial charge in [-0.05, 0) is 17.7 Å². The molecule has 1 unspecified atom stereocenters. The van der Waals surface area contributed by atoms with Crippen molar-refractivity contribution in [3.8, 4) is 28.7 Å². The fourth-order valence-electron chi connectivity index (χ4n) is 2.61. The summed E-state index contributed by atoms with van der Waals surface area (Å²) < 4.78 is 21.1. The molecule has 0 saturated carbocycles. The van der Waals surface area contributed by atoms with Crippen molar-refractivity contribution in [1.82, 2.24) is 0 Å². The lowest BCUT2D eigenvalue weighted by Gasteiger charge is -2.31. The lowest BCUT2D eigenvalue weighted by molar-refractivity contribution is 0.0197. The van der Waals surface area contributed by atoms with Gasteiger partial charge in [0.2, 0.25) is 5.75 Å². The zero-order valence-corrected chi connectivity index (χ0v) is 13.1. The second kappa shape index (κ2) is 6.16. The van der Waals surface area contributed by atoms with E-state index in [4.69, 9.17) is 9.63 Å². The number of phenolic OH excluding ortho intramolecular Hbond substituents is 3. The average molecular weight is 353 g/mol. The molecule has 3 atom stereocenters. The fraction of sp³-hybridized carbons (Fsp3) is 0.200. The summed E-state index contributed by atoms with van der Waals surface area (Å²) in [6, 6.07) is 6.46. The van der Waals surface area contributed by atoms with Gasteiger partial charge in [0, 0.05) is 28.7 Å². The Morgan fingerprint density at radius 1 is 1.12 bits per heavy atom. The first-order valence-electron chi connectivity index (χ1n) is 6.91. The number of ether oxygens (including phenoxy) is 1. The highest BCUT2D eigenvalue weighted by atomic mass is 31.1. The van der Waals surface area contributed by atoms with Crippen LogP contribution in [0.4, 0.5) is 0 Å². The summed E-state index contributed by atoms with van der Waals surface area (Å²) in [7, 11) is -2.96. The van der Waals surface area contributed by atoms with E-state index >= 15 is 0 Å². The maximum atomic E-state index is 10.8. The van der Waals surface area contributed by atoms with Crippen LogP contribution in [0.2, 0.25) is 0 Å². The van der Waals surface area contributed by atoms with Gasteiger partial charge in [0.15, 0.2) is 5.75 Å². The van der Waals surface area contributed by atoms with Gasteiger partial charge in [-0.15, -0.1) is 4.89 Å². The molecule has 0 aromatic heterocycles. The van der Waals surface area contributed by atoms with E-state index in [0.717, 1.165) is 6.07 Å². The van der Waals surface area contributed by atoms with Gasteiger partial charge >= 0.3 is 8.25 Å². The number of rotatable bonds is 3. The van der Waals surface area contributed by atoms with Crippen molar-refractivity contribution in [2.45, 2.75) is 18.6 Å². The van der Waals surface area contributed by atoms with Gasteiger partial charge in [0.05, 0.1) is 6.10 Å². The van der Waals surface area contributed by atoms with Gasteiger partial charge in [0.1, 0.15) is 23.4 Å². The van der Waals surface area contributed by atoms with Crippen LogP contribution in [-0.2, 0) is 11.0 Å². The standard InChI is InChI=1S/C15H13O8P/c16-8-4-11(18)9-6-12(19)15(22-13(9)5-8)7-1-2-10(17)14(3-7)23-24(20)21/h1-5,12,15,19H,6H2,(H3-,16,17,18,20,21)/p+1/t12-,15+/m0/s1. The largest absolute Gasteiger partial charge is 0.747 e. The molecular weight excluding hydrogens is 339 g/mol. The molecule has 0 amide bonds. The quantitative estimate of drug-likeness (QED) is 0.528. The van der Waals surface area contributed by atoms with Crippen molar-refractivity contribution in [3.05, 3.63) is 41.5 Å². The van der Waals surface area contributed by atoms with Crippen molar-refractivity contribution < 1.29 is 39.1 Å². The SMILES string of the molecule is O=[P+](O)Oc1cc([C@H]2Oc3cc(O)cc(O)c3C[C@@H]2O)ccc1O. The third-order valence-corrected chi connectivity index (χ3v) is 4.03. The molecule has 1 aliphatic heterocycles. The Kier molecular flexibility index (Phi) is 4.19. The van der Waals surface area contributed by atoms with E-state index < -0.39 is 20.5 Å². The van der Waals surface area contributed by atoms with Crippen LogP contribution in [0.5, 0.6) is 28.7 Å². The Morgan fingerprint density at radius 2 is 1.88 bits per heavy atom. The maximum Gasteiger partial charge on any atom is 0.747 e. The summed E-state index contributed by atoms with van der Waals surface area (Å²) >= 11 is 0. The van der Waals surface area contributed by atoms with Gasteiger partial charge in [-0.1, -0.05) is 6.07 Å². The molecule has 1 heterocycles. The van der Waals surface area contributed by atoms with Crippen LogP contribution in [0.3, 0.4) is 0 Å². The minimum absolute atomic E-state index is 0.0808. The topological polar surface area (TPSA) is 137 Å². The first-order valence-corrected chi connectivity index (χ1v) is 8.04. The van der Waals surface area contributed by atoms with Crippen LogP contribution < -0.4 is 9.26 Å². The third-order valence-electron chi connectivity index (χ3n) is 3.68. The average Bonchev–Trinajstić information content (AvgIpc) is 2.49. The number of fused-ring (bicyclic) bond motifs is 1. The molecule has 2 aromatic carbocycles. The Labute approximate surface area is 137 Å². The normalized spacial score (nSPS) is 20.0. The fourth-order valence-corrected chi connectivity index (χ4v) is 2.93. The predicted molar refractivity (Wildman–Crippen MR) is 81.4 cm³/mol. The molecule has 24 heavy (non-hydrogen) atoms. The zero-order valence-electron chi connectivity index (χ0n) is 12.2. The molecule has 0 aliphatic carbocycles. The summed E-state index contributed by atoms with van der Waals surface area (Å²) in [5.41, 5.74) is 0.755. The van der Waals surface area contributed by atoms with E-state index in [0.29, 0.717) is 11.1 Å². The van der Waals surface area contributed by atoms with Crippen molar-refractivity contribution in [2.24, 2.45) is 0 Å². The molecule has 0 fully saturated rings. The molecule has 2 aromatic rings. The number of aromatic hydroxyl groups is 3. The van der Waals surface area contributed by atoms with Gasteiger partial charge < -0.3 is 25.2 Å². The van der Waals surface area contributed by atoms with E-state index in [1.54, 1.807) is 0 Å². The number of phenols is 3. The number of aliphatic hydroxyl groups is 1. The van der Waals surface area contributed by atoms with E-state index in [1.807, 2.05) is 0 Å². The van der Waals surface area contributed by atoms with Gasteiger partial charge in [-0.3, -0.25) is 0 Å². The molecule has 0 bridgehead atoms. The smallest absolute Gasteiger partial charge is 0.508 e. The van der Waals surface area contributed by atoms with Crippen molar-refractivity contribution in [1.29, 1.82) is 0 Å². The summed E-state index contributed by atoms with van der Waals surface area (Å²) in [5.74, 6) is -0.719. The van der Waals surface area contributed by atoms with Crippen molar-refractivity contribution in [3.63, 3.8) is 0 Å². The molecule has 8 nitrogen and oxygen atoms in total.